The fraction of sp³-hybridized carbons (Fsp3) is 0.118. The Morgan fingerprint density at radius 3 is 2.27 bits per heavy atom. The lowest BCUT2D eigenvalue weighted by molar-refractivity contribution is 0.0968. The van der Waals surface area contributed by atoms with E-state index in [0.717, 1.165) is 0 Å². The van der Waals surface area contributed by atoms with Crippen LogP contribution in [0.1, 0.15) is 20.7 Å². The molecule has 5 heteroatoms. The molecule has 1 aliphatic rings. The van der Waals surface area contributed by atoms with Crippen molar-refractivity contribution in [2.45, 2.75) is 5.38 Å². The minimum Gasteiger partial charge on any atom is -0.497 e. The van der Waals surface area contributed by atoms with Crippen LogP contribution in [0.15, 0.2) is 53.5 Å². The van der Waals surface area contributed by atoms with E-state index in [1.807, 2.05) is 0 Å². The fourth-order valence-electron chi connectivity index (χ4n) is 2.31. The molecule has 0 saturated heterocycles. The van der Waals surface area contributed by atoms with E-state index in [2.05, 4.69) is 4.99 Å². The van der Waals surface area contributed by atoms with E-state index < -0.39 is 5.38 Å². The highest BCUT2D eigenvalue weighted by Gasteiger charge is 2.37. The van der Waals surface area contributed by atoms with Crippen LogP contribution in [0.5, 0.6) is 5.75 Å². The number of rotatable bonds is 2. The van der Waals surface area contributed by atoms with Gasteiger partial charge in [0.1, 0.15) is 16.8 Å². The maximum atomic E-state index is 12.5. The monoisotopic (exact) mass is 313 g/mol. The Hall–Kier alpha value is -2.46. The number of carbonyl (C=O) groups excluding carboxylic acids is 2. The standard InChI is InChI=1S/C17H12ClNO3/c1-22-11-8-6-10(7-9-11)19-15-14(18)16(20)12-4-2-3-5-13(12)17(15)21/h2-9,14H,1H3. The molecule has 1 aliphatic carbocycles. The van der Waals surface area contributed by atoms with Gasteiger partial charge in [0, 0.05) is 11.1 Å². The summed E-state index contributed by atoms with van der Waals surface area (Å²) in [6, 6.07) is 13.5. The first kappa shape index (κ1) is 14.5. The Bertz CT molecular complexity index is 781. The number of hydrogen-bond donors (Lipinski definition) is 0. The van der Waals surface area contributed by atoms with Gasteiger partial charge in [0.15, 0.2) is 5.78 Å². The molecule has 0 saturated carbocycles. The van der Waals surface area contributed by atoms with E-state index in [0.29, 0.717) is 22.6 Å². The number of ether oxygens (including phenoxy) is 1. The highest BCUT2D eigenvalue weighted by atomic mass is 35.5. The largest absolute Gasteiger partial charge is 0.497 e. The predicted molar refractivity (Wildman–Crippen MR) is 84.8 cm³/mol. The third-order valence-electron chi connectivity index (χ3n) is 3.46. The van der Waals surface area contributed by atoms with Crippen molar-refractivity contribution in [1.29, 1.82) is 0 Å². The van der Waals surface area contributed by atoms with Crippen LogP contribution in [-0.2, 0) is 0 Å². The molecule has 0 bridgehead atoms. The topological polar surface area (TPSA) is 55.7 Å². The summed E-state index contributed by atoms with van der Waals surface area (Å²) >= 11 is 6.14. The van der Waals surface area contributed by atoms with Crippen LogP contribution < -0.4 is 4.74 Å². The van der Waals surface area contributed by atoms with Gasteiger partial charge in [-0.15, -0.1) is 11.6 Å². The van der Waals surface area contributed by atoms with Gasteiger partial charge >= 0.3 is 0 Å². The molecule has 0 fully saturated rings. The molecule has 0 amide bonds. The van der Waals surface area contributed by atoms with Gasteiger partial charge in [0.25, 0.3) is 0 Å². The summed E-state index contributed by atoms with van der Waals surface area (Å²) in [5, 5.41) is -1.07. The van der Waals surface area contributed by atoms with E-state index in [4.69, 9.17) is 16.3 Å². The average Bonchev–Trinajstić information content (AvgIpc) is 2.57. The summed E-state index contributed by atoms with van der Waals surface area (Å²) in [6.07, 6.45) is 0. The lowest BCUT2D eigenvalue weighted by Crippen LogP contribution is -2.37. The van der Waals surface area contributed by atoms with Crippen LogP contribution in [0.25, 0.3) is 0 Å². The summed E-state index contributed by atoms with van der Waals surface area (Å²) in [7, 11) is 1.57. The lowest BCUT2D eigenvalue weighted by atomic mass is 9.88. The normalized spacial score (nSPS) is 19.2. The summed E-state index contributed by atoms with van der Waals surface area (Å²) in [5.74, 6) is 0.0675. The maximum absolute atomic E-state index is 12.5. The van der Waals surface area contributed by atoms with E-state index in [-0.39, 0.29) is 17.3 Å². The van der Waals surface area contributed by atoms with Crippen LogP contribution in [0.3, 0.4) is 0 Å². The van der Waals surface area contributed by atoms with Crippen molar-refractivity contribution in [1.82, 2.24) is 0 Å². The number of halogens is 1. The third kappa shape index (κ3) is 2.42. The van der Waals surface area contributed by atoms with Crippen LogP contribution in [-0.4, -0.2) is 29.8 Å². The number of ketones is 2. The molecule has 0 spiro atoms. The number of aliphatic imine (C=N–C) groups is 1. The van der Waals surface area contributed by atoms with Gasteiger partial charge < -0.3 is 4.74 Å². The van der Waals surface area contributed by atoms with Crippen molar-refractivity contribution in [3.8, 4) is 5.75 Å². The van der Waals surface area contributed by atoms with Gasteiger partial charge in [-0.05, 0) is 24.3 Å². The highest BCUT2D eigenvalue weighted by molar-refractivity contribution is 6.65. The summed E-state index contributed by atoms with van der Waals surface area (Å²) in [5.41, 5.74) is 1.29. The molecule has 0 radical (unpaired) electrons. The smallest absolute Gasteiger partial charge is 0.209 e. The molecular weight excluding hydrogens is 302 g/mol. The van der Waals surface area contributed by atoms with Gasteiger partial charge in [0.2, 0.25) is 5.78 Å². The molecular formula is C17H12ClNO3. The lowest BCUT2D eigenvalue weighted by Gasteiger charge is -2.19. The van der Waals surface area contributed by atoms with Crippen LogP contribution >= 0.6 is 11.6 Å². The second-order valence-electron chi connectivity index (χ2n) is 4.80. The number of fused-ring (bicyclic) bond motifs is 1. The van der Waals surface area contributed by atoms with E-state index in [1.165, 1.54) is 0 Å². The minimum atomic E-state index is -1.07. The van der Waals surface area contributed by atoms with Crippen LogP contribution in [0, 0.1) is 0 Å². The van der Waals surface area contributed by atoms with Gasteiger partial charge in [0.05, 0.1) is 12.8 Å². The molecule has 0 N–H and O–H groups in total. The maximum Gasteiger partial charge on any atom is 0.209 e. The molecule has 1 unspecified atom stereocenters. The Labute approximate surface area is 132 Å². The zero-order valence-electron chi connectivity index (χ0n) is 11.7. The van der Waals surface area contributed by atoms with E-state index >= 15 is 0 Å². The minimum absolute atomic E-state index is 0.0514. The molecule has 0 heterocycles. The number of Topliss-reactive ketones (excluding diaryl/α,β-unsaturated/α-hetero) is 2. The molecule has 22 heavy (non-hydrogen) atoms. The second-order valence-corrected chi connectivity index (χ2v) is 5.23. The first-order valence-electron chi connectivity index (χ1n) is 6.66. The third-order valence-corrected chi connectivity index (χ3v) is 3.87. The van der Waals surface area contributed by atoms with Crippen molar-refractivity contribution in [2.75, 3.05) is 7.11 Å². The van der Waals surface area contributed by atoms with Crippen molar-refractivity contribution in [3.05, 3.63) is 59.7 Å². The van der Waals surface area contributed by atoms with Crippen molar-refractivity contribution >= 4 is 34.6 Å². The molecule has 1 atom stereocenters. The van der Waals surface area contributed by atoms with Gasteiger partial charge in [-0.1, -0.05) is 24.3 Å². The molecule has 0 aliphatic heterocycles. The Kier molecular flexibility index (Phi) is 3.77. The van der Waals surface area contributed by atoms with Crippen molar-refractivity contribution < 1.29 is 14.3 Å². The SMILES string of the molecule is COc1ccc(N=C2C(=O)c3ccccc3C(=O)C2Cl)cc1. The molecule has 110 valence electrons. The molecule has 4 nitrogen and oxygen atoms in total. The van der Waals surface area contributed by atoms with Crippen LogP contribution in [0.2, 0.25) is 0 Å². The van der Waals surface area contributed by atoms with E-state index in [9.17, 15) is 9.59 Å². The number of carbonyl (C=O) groups is 2. The highest BCUT2D eigenvalue weighted by Crippen LogP contribution is 2.26. The zero-order valence-corrected chi connectivity index (χ0v) is 12.5. The molecule has 0 aromatic heterocycles. The Balaban J connectivity index is 2.05. The number of nitrogens with zero attached hydrogens (tertiary/aromatic N) is 1. The van der Waals surface area contributed by atoms with Gasteiger partial charge in [-0.2, -0.15) is 0 Å². The number of benzene rings is 2. The van der Waals surface area contributed by atoms with Gasteiger partial charge in [-0.25, -0.2) is 4.99 Å². The molecule has 2 aromatic carbocycles. The average molecular weight is 314 g/mol. The fourth-order valence-corrected chi connectivity index (χ4v) is 2.58. The van der Waals surface area contributed by atoms with E-state index in [1.54, 1.807) is 55.6 Å². The molecule has 2 aromatic rings. The number of alkyl halides is 1. The number of hydrogen-bond acceptors (Lipinski definition) is 4. The second kappa shape index (κ2) is 5.73. The summed E-state index contributed by atoms with van der Waals surface area (Å²) in [4.78, 5) is 29.0. The number of methoxy groups -OCH3 is 1. The predicted octanol–water partition coefficient (Wildman–Crippen LogP) is 3.45. The quantitative estimate of drug-likeness (QED) is 0.798. The molecule has 3 rings (SSSR count). The van der Waals surface area contributed by atoms with Crippen molar-refractivity contribution in [3.63, 3.8) is 0 Å². The first-order chi connectivity index (χ1) is 10.6. The van der Waals surface area contributed by atoms with Crippen molar-refractivity contribution in [2.24, 2.45) is 4.99 Å². The Morgan fingerprint density at radius 1 is 1.00 bits per heavy atom. The Morgan fingerprint density at radius 2 is 1.64 bits per heavy atom. The zero-order chi connectivity index (χ0) is 15.7. The first-order valence-corrected chi connectivity index (χ1v) is 7.10. The summed E-state index contributed by atoms with van der Waals surface area (Å²) < 4.78 is 5.07. The summed E-state index contributed by atoms with van der Waals surface area (Å²) in [6.45, 7) is 0. The van der Waals surface area contributed by atoms with Gasteiger partial charge in [-0.3, -0.25) is 9.59 Å². The van der Waals surface area contributed by atoms with Crippen LogP contribution in [0.4, 0.5) is 5.69 Å².